The Labute approximate surface area is 198 Å². The van der Waals surface area contributed by atoms with Crippen LogP contribution in [0.15, 0.2) is 96.7 Å². The van der Waals surface area contributed by atoms with E-state index in [-0.39, 0.29) is 17.8 Å². The smallest absolute Gasteiger partial charge is 0.328 e. The van der Waals surface area contributed by atoms with Crippen LogP contribution in [0.25, 0.3) is 0 Å². The summed E-state index contributed by atoms with van der Waals surface area (Å²) in [5.74, 6) is -0.568. The van der Waals surface area contributed by atoms with Crippen LogP contribution < -0.4 is 15.8 Å². The van der Waals surface area contributed by atoms with Gasteiger partial charge in [0.1, 0.15) is 18.4 Å². The molecule has 0 aromatic heterocycles. The van der Waals surface area contributed by atoms with E-state index in [9.17, 15) is 9.59 Å². The molecule has 3 aromatic rings. The first kappa shape index (κ1) is 24.3. The van der Waals surface area contributed by atoms with Gasteiger partial charge in [0, 0.05) is 6.42 Å². The van der Waals surface area contributed by atoms with Gasteiger partial charge in [-0.15, -0.1) is 0 Å². The Morgan fingerprint density at radius 2 is 1.53 bits per heavy atom. The van der Waals surface area contributed by atoms with E-state index < -0.39 is 17.9 Å². The van der Waals surface area contributed by atoms with E-state index in [0.717, 1.165) is 11.1 Å². The molecular weight excluding hydrogens is 430 g/mol. The van der Waals surface area contributed by atoms with Crippen LogP contribution in [0.1, 0.15) is 16.7 Å². The Morgan fingerprint density at radius 3 is 2.12 bits per heavy atom. The van der Waals surface area contributed by atoms with Gasteiger partial charge < -0.3 is 25.9 Å². The lowest BCUT2D eigenvalue weighted by molar-refractivity contribution is -0.144. The Hall–Kier alpha value is -4.39. The first-order chi connectivity index (χ1) is 16.5. The van der Waals surface area contributed by atoms with Crippen molar-refractivity contribution in [3.8, 4) is 5.75 Å². The molecule has 0 saturated carbocycles. The van der Waals surface area contributed by atoms with E-state index in [4.69, 9.17) is 20.6 Å². The monoisotopic (exact) mass is 457 g/mol. The van der Waals surface area contributed by atoms with Gasteiger partial charge >= 0.3 is 5.97 Å². The third kappa shape index (κ3) is 7.06. The summed E-state index contributed by atoms with van der Waals surface area (Å²) in [7, 11) is 1.26. The van der Waals surface area contributed by atoms with Crippen LogP contribution in [-0.4, -0.2) is 30.7 Å². The van der Waals surface area contributed by atoms with Gasteiger partial charge in [-0.1, -0.05) is 60.7 Å². The molecule has 0 aliphatic rings. The number of hydrogen-bond donors (Lipinski definition) is 3. The lowest BCUT2D eigenvalue weighted by atomic mass is 10.1. The number of esters is 1. The summed E-state index contributed by atoms with van der Waals surface area (Å²) in [6.07, 6.45) is 1.51. The second-order valence-electron chi connectivity index (χ2n) is 7.55. The molecule has 1 unspecified atom stereocenters. The van der Waals surface area contributed by atoms with Crippen LogP contribution in [0.2, 0.25) is 0 Å². The van der Waals surface area contributed by atoms with Gasteiger partial charge in [-0.05, 0) is 47.0 Å². The van der Waals surface area contributed by atoms with Crippen LogP contribution in [0.3, 0.4) is 0 Å². The number of hydrogen-bond acceptors (Lipinski definition) is 6. The first-order valence-electron chi connectivity index (χ1n) is 10.7. The SMILES string of the molecule is COC(=O)C(Cc1ccccc1)NC(=O)C(N)=CC(=N)c1ccc(OCc2ccccc2)cc1. The Morgan fingerprint density at radius 1 is 0.941 bits per heavy atom. The van der Waals surface area contributed by atoms with Crippen LogP contribution in [-0.2, 0) is 27.4 Å². The van der Waals surface area contributed by atoms with Gasteiger partial charge in [-0.3, -0.25) is 4.79 Å². The average Bonchev–Trinajstić information content (AvgIpc) is 2.88. The van der Waals surface area contributed by atoms with Gasteiger partial charge in [-0.25, -0.2) is 4.79 Å². The highest BCUT2D eigenvalue weighted by atomic mass is 16.5. The van der Waals surface area contributed by atoms with Crippen LogP contribution in [0.5, 0.6) is 5.75 Å². The predicted molar refractivity (Wildman–Crippen MR) is 130 cm³/mol. The van der Waals surface area contributed by atoms with Crippen molar-refractivity contribution < 1.29 is 19.1 Å². The molecule has 0 radical (unpaired) electrons. The van der Waals surface area contributed by atoms with Gasteiger partial charge in [0.05, 0.1) is 18.5 Å². The van der Waals surface area contributed by atoms with Crippen molar-refractivity contribution in [3.05, 3.63) is 113 Å². The van der Waals surface area contributed by atoms with E-state index in [1.807, 2.05) is 60.7 Å². The number of allylic oxidation sites excluding steroid dienone is 1. The first-order valence-corrected chi connectivity index (χ1v) is 10.7. The number of nitrogens with two attached hydrogens (primary N) is 1. The van der Waals surface area contributed by atoms with E-state index in [0.29, 0.717) is 17.9 Å². The average molecular weight is 458 g/mol. The molecule has 0 saturated heterocycles. The molecule has 0 heterocycles. The number of methoxy groups -OCH3 is 1. The minimum Gasteiger partial charge on any atom is -0.489 e. The van der Waals surface area contributed by atoms with Crippen molar-refractivity contribution in [2.24, 2.45) is 5.73 Å². The number of benzene rings is 3. The summed E-state index contributed by atoms with van der Waals surface area (Å²) in [5, 5.41) is 10.9. The normalized spacial score (nSPS) is 11.9. The van der Waals surface area contributed by atoms with Crippen LogP contribution in [0, 0.1) is 5.41 Å². The minimum absolute atomic E-state index is 0.0555. The molecular formula is C27H27N3O4. The molecule has 0 aliphatic heterocycles. The molecule has 4 N–H and O–H groups in total. The van der Waals surface area contributed by atoms with Crippen molar-refractivity contribution in [1.29, 1.82) is 5.41 Å². The fourth-order valence-corrected chi connectivity index (χ4v) is 3.20. The Kier molecular flexibility index (Phi) is 8.57. The zero-order valence-electron chi connectivity index (χ0n) is 18.9. The van der Waals surface area contributed by atoms with Crippen molar-refractivity contribution >= 4 is 17.6 Å². The highest BCUT2D eigenvalue weighted by Crippen LogP contribution is 2.15. The molecule has 7 heteroatoms. The molecule has 3 aromatic carbocycles. The van der Waals surface area contributed by atoms with Gasteiger partial charge in [0.15, 0.2) is 0 Å². The molecule has 0 fully saturated rings. The molecule has 174 valence electrons. The maximum atomic E-state index is 12.6. The molecule has 1 atom stereocenters. The number of carbonyl (C=O) groups excluding carboxylic acids is 2. The summed E-state index contributed by atoms with van der Waals surface area (Å²) >= 11 is 0. The zero-order valence-corrected chi connectivity index (χ0v) is 18.9. The quantitative estimate of drug-likeness (QED) is 0.245. The summed E-state index contributed by atoms with van der Waals surface area (Å²) in [4.78, 5) is 24.7. The molecule has 0 spiro atoms. The molecule has 34 heavy (non-hydrogen) atoms. The third-order valence-electron chi connectivity index (χ3n) is 5.05. The lowest BCUT2D eigenvalue weighted by Crippen LogP contribution is -2.44. The highest BCUT2D eigenvalue weighted by Gasteiger charge is 2.23. The Balaban J connectivity index is 1.60. The van der Waals surface area contributed by atoms with E-state index in [2.05, 4.69) is 5.32 Å². The second-order valence-corrected chi connectivity index (χ2v) is 7.55. The summed E-state index contributed by atoms with van der Waals surface area (Å²) in [5.41, 5.74) is 8.27. The molecule has 3 rings (SSSR count). The minimum atomic E-state index is -0.901. The van der Waals surface area contributed by atoms with Gasteiger partial charge in [0.2, 0.25) is 0 Å². The van der Waals surface area contributed by atoms with E-state index in [1.165, 1.54) is 13.2 Å². The highest BCUT2D eigenvalue weighted by molar-refractivity contribution is 6.11. The summed E-state index contributed by atoms with van der Waals surface area (Å²) in [6.45, 7) is 0.439. The Bertz CT molecular complexity index is 1140. The van der Waals surface area contributed by atoms with Gasteiger partial charge in [-0.2, -0.15) is 0 Å². The maximum Gasteiger partial charge on any atom is 0.328 e. The zero-order chi connectivity index (χ0) is 24.3. The number of rotatable bonds is 10. The number of carbonyl (C=O) groups is 2. The number of amides is 1. The molecule has 7 nitrogen and oxygen atoms in total. The van der Waals surface area contributed by atoms with E-state index in [1.54, 1.807) is 24.3 Å². The van der Waals surface area contributed by atoms with Gasteiger partial charge in [0.25, 0.3) is 5.91 Å². The standard InChI is InChI=1S/C27H27N3O4/c1-33-27(32)25(16-19-8-4-2-5-9-19)30-26(31)24(29)17-23(28)21-12-14-22(15-13-21)34-18-20-10-6-3-7-11-20/h2-15,17,25,28H,16,18,29H2,1H3,(H,30,31). The topological polar surface area (TPSA) is 115 Å². The molecule has 0 aliphatic carbocycles. The molecule has 0 bridgehead atoms. The van der Waals surface area contributed by atoms with E-state index >= 15 is 0 Å². The van der Waals surface area contributed by atoms with Crippen molar-refractivity contribution in [1.82, 2.24) is 5.32 Å². The maximum absolute atomic E-state index is 12.6. The third-order valence-corrected chi connectivity index (χ3v) is 5.05. The predicted octanol–water partition coefficient (Wildman–Crippen LogP) is 3.38. The van der Waals surface area contributed by atoms with Crippen molar-refractivity contribution in [2.75, 3.05) is 7.11 Å². The number of ether oxygens (including phenoxy) is 2. The number of nitrogens with one attached hydrogen (secondary N) is 2. The van der Waals surface area contributed by atoms with Crippen LogP contribution >= 0.6 is 0 Å². The molecule has 1 amide bonds. The second kappa shape index (κ2) is 12.0. The van der Waals surface area contributed by atoms with Crippen LogP contribution in [0.4, 0.5) is 0 Å². The lowest BCUT2D eigenvalue weighted by Gasteiger charge is -2.17. The fourth-order valence-electron chi connectivity index (χ4n) is 3.20. The summed E-state index contributed by atoms with van der Waals surface area (Å²) < 4.78 is 10.6. The fraction of sp³-hybridized carbons (Fsp3) is 0.148. The largest absolute Gasteiger partial charge is 0.489 e. The van der Waals surface area contributed by atoms with Crippen molar-refractivity contribution in [3.63, 3.8) is 0 Å². The summed E-state index contributed by atoms with van der Waals surface area (Å²) in [6, 6.07) is 25.1. The van der Waals surface area contributed by atoms with Crippen molar-refractivity contribution in [2.45, 2.75) is 19.1 Å².